The van der Waals surface area contributed by atoms with Gasteiger partial charge in [-0.05, 0) is 38.5 Å². The number of carbonyl (C=O) groups excluding carboxylic acids is 1. The fourth-order valence-corrected chi connectivity index (χ4v) is 2.25. The SMILES string of the molecule is Cc1cc(C(=O)N(C)C(C)c2ccncn2)c(=O)n(C)c1C. The zero-order chi connectivity index (χ0) is 16.4. The quantitative estimate of drug-likeness (QED) is 0.864. The Bertz CT molecular complexity index is 753. The molecule has 0 saturated carbocycles. The number of rotatable bonds is 3. The number of hydrogen-bond donors (Lipinski definition) is 0. The zero-order valence-electron chi connectivity index (χ0n) is 13.5. The lowest BCUT2D eigenvalue weighted by Gasteiger charge is -2.24. The first-order chi connectivity index (χ1) is 10.3. The van der Waals surface area contributed by atoms with Crippen molar-refractivity contribution in [3.63, 3.8) is 0 Å². The van der Waals surface area contributed by atoms with Gasteiger partial charge in [-0.25, -0.2) is 9.97 Å². The second kappa shape index (κ2) is 6.09. The maximum absolute atomic E-state index is 12.7. The van der Waals surface area contributed by atoms with Gasteiger partial charge in [0.2, 0.25) is 0 Å². The molecule has 0 spiro atoms. The predicted molar refractivity (Wildman–Crippen MR) is 83.7 cm³/mol. The van der Waals surface area contributed by atoms with Crippen LogP contribution in [0.15, 0.2) is 29.5 Å². The summed E-state index contributed by atoms with van der Waals surface area (Å²) < 4.78 is 1.51. The van der Waals surface area contributed by atoms with Crippen LogP contribution in [0.4, 0.5) is 0 Å². The molecule has 6 heteroatoms. The van der Waals surface area contributed by atoms with Crippen molar-refractivity contribution in [3.8, 4) is 0 Å². The van der Waals surface area contributed by atoms with Crippen molar-refractivity contribution in [2.75, 3.05) is 7.05 Å². The van der Waals surface area contributed by atoms with Gasteiger partial charge in [0.05, 0.1) is 11.7 Å². The van der Waals surface area contributed by atoms with Gasteiger partial charge in [-0.15, -0.1) is 0 Å². The molecule has 22 heavy (non-hydrogen) atoms. The van der Waals surface area contributed by atoms with Crippen LogP contribution >= 0.6 is 0 Å². The Kier molecular flexibility index (Phi) is 4.40. The number of amides is 1. The average molecular weight is 300 g/mol. The van der Waals surface area contributed by atoms with Gasteiger partial charge in [0.15, 0.2) is 0 Å². The van der Waals surface area contributed by atoms with Gasteiger partial charge in [-0.3, -0.25) is 9.59 Å². The van der Waals surface area contributed by atoms with Crippen LogP contribution in [0.3, 0.4) is 0 Å². The average Bonchev–Trinajstić information content (AvgIpc) is 2.55. The smallest absolute Gasteiger partial charge is 0.263 e. The molecule has 0 bridgehead atoms. The molecule has 6 nitrogen and oxygen atoms in total. The summed E-state index contributed by atoms with van der Waals surface area (Å²) in [5, 5.41) is 0. The Morgan fingerprint density at radius 3 is 2.64 bits per heavy atom. The van der Waals surface area contributed by atoms with Gasteiger partial charge in [-0.1, -0.05) is 0 Å². The van der Waals surface area contributed by atoms with E-state index in [-0.39, 0.29) is 23.1 Å². The van der Waals surface area contributed by atoms with Crippen LogP contribution in [0.2, 0.25) is 0 Å². The van der Waals surface area contributed by atoms with Gasteiger partial charge < -0.3 is 9.47 Å². The third kappa shape index (κ3) is 2.77. The number of carbonyl (C=O) groups is 1. The zero-order valence-corrected chi connectivity index (χ0v) is 13.5. The molecular weight excluding hydrogens is 280 g/mol. The number of aryl methyl sites for hydroxylation is 1. The van der Waals surface area contributed by atoms with Crippen LogP contribution in [0, 0.1) is 13.8 Å². The van der Waals surface area contributed by atoms with Crippen LogP contribution in [0.1, 0.15) is 40.3 Å². The van der Waals surface area contributed by atoms with Crippen molar-refractivity contribution in [3.05, 3.63) is 57.5 Å². The van der Waals surface area contributed by atoms with E-state index in [1.165, 1.54) is 15.8 Å². The first-order valence-corrected chi connectivity index (χ1v) is 7.05. The summed E-state index contributed by atoms with van der Waals surface area (Å²) in [6.07, 6.45) is 3.07. The van der Waals surface area contributed by atoms with E-state index >= 15 is 0 Å². The molecule has 0 aromatic carbocycles. The second-order valence-corrected chi connectivity index (χ2v) is 5.42. The highest BCUT2D eigenvalue weighted by Crippen LogP contribution is 2.18. The van der Waals surface area contributed by atoms with Crippen molar-refractivity contribution >= 4 is 5.91 Å². The highest BCUT2D eigenvalue weighted by molar-refractivity contribution is 5.94. The summed E-state index contributed by atoms with van der Waals surface area (Å²) in [5.74, 6) is -0.310. The van der Waals surface area contributed by atoms with Crippen LogP contribution in [-0.2, 0) is 7.05 Å². The van der Waals surface area contributed by atoms with Gasteiger partial charge >= 0.3 is 0 Å². The van der Waals surface area contributed by atoms with E-state index in [9.17, 15) is 9.59 Å². The highest BCUT2D eigenvalue weighted by Gasteiger charge is 2.23. The van der Waals surface area contributed by atoms with Gasteiger partial charge in [-0.2, -0.15) is 0 Å². The van der Waals surface area contributed by atoms with E-state index in [1.54, 1.807) is 32.4 Å². The normalized spacial score (nSPS) is 12.0. The molecule has 1 unspecified atom stereocenters. The molecule has 2 rings (SSSR count). The summed E-state index contributed by atoms with van der Waals surface area (Å²) >= 11 is 0. The molecule has 2 aromatic heterocycles. The third-order valence-electron chi connectivity index (χ3n) is 4.13. The summed E-state index contributed by atoms with van der Waals surface area (Å²) in [6, 6.07) is 3.16. The molecule has 0 N–H and O–H groups in total. The Hall–Kier alpha value is -2.50. The minimum Gasteiger partial charge on any atom is -0.333 e. The van der Waals surface area contributed by atoms with Crippen molar-refractivity contribution in [1.82, 2.24) is 19.4 Å². The fourth-order valence-electron chi connectivity index (χ4n) is 2.25. The summed E-state index contributed by atoms with van der Waals surface area (Å²) in [6.45, 7) is 5.61. The highest BCUT2D eigenvalue weighted by atomic mass is 16.2. The molecule has 2 aromatic rings. The molecule has 0 aliphatic rings. The molecule has 116 valence electrons. The lowest BCUT2D eigenvalue weighted by Crippen LogP contribution is -2.36. The Morgan fingerprint density at radius 1 is 1.36 bits per heavy atom. The lowest BCUT2D eigenvalue weighted by atomic mass is 10.1. The number of aromatic nitrogens is 3. The standard InChI is InChI=1S/C16H20N4O2/c1-10-8-13(15(21)19(4)11(10)2)16(22)20(5)12(3)14-6-7-17-9-18-14/h6-9,12H,1-5H3. The monoisotopic (exact) mass is 300 g/mol. The van der Waals surface area contributed by atoms with E-state index in [1.807, 2.05) is 20.8 Å². The molecule has 0 radical (unpaired) electrons. The minimum absolute atomic E-state index is 0.175. The Labute approximate surface area is 129 Å². The first kappa shape index (κ1) is 15.9. The van der Waals surface area contributed by atoms with Crippen LogP contribution in [0.5, 0.6) is 0 Å². The third-order valence-corrected chi connectivity index (χ3v) is 4.13. The number of pyridine rings is 1. The largest absolute Gasteiger partial charge is 0.333 e. The molecule has 0 saturated heterocycles. The van der Waals surface area contributed by atoms with Gasteiger partial charge in [0, 0.05) is 26.0 Å². The molecule has 1 atom stereocenters. The van der Waals surface area contributed by atoms with Gasteiger partial charge in [0.25, 0.3) is 11.5 Å². The summed E-state index contributed by atoms with van der Waals surface area (Å²) in [7, 11) is 3.35. The number of nitrogens with zero attached hydrogens (tertiary/aromatic N) is 4. The lowest BCUT2D eigenvalue weighted by molar-refractivity contribution is 0.0737. The molecular formula is C16H20N4O2. The van der Waals surface area contributed by atoms with Crippen molar-refractivity contribution in [1.29, 1.82) is 0 Å². The number of hydrogen-bond acceptors (Lipinski definition) is 4. The van der Waals surface area contributed by atoms with E-state index in [0.29, 0.717) is 0 Å². The summed E-state index contributed by atoms with van der Waals surface area (Å²) in [5.41, 5.74) is 2.39. The molecule has 1 amide bonds. The second-order valence-electron chi connectivity index (χ2n) is 5.42. The maximum Gasteiger partial charge on any atom is 0.263 e. The molecule has 0 aliphatic heterocycles. The topological polar surface area (TPSA) is 68.1 Å². The Morgan fingerprint density at radius 2 is 2.05 bits per heavy atom. The van der Waals surface area contributed by atoms with Crippen molar-refractivity contribution in [2.45, 2.75) is 26.8 Å². The first-order valence-electron chi connectivity index (χ1n) is 7.05. The van der Waals surface area contributed by atoms with E-state index in [4.69, 9.17) is 0 Å². The minimum atomic E-state index is -0.310. The predicted octanol–water partition coefficient (Wildman–Crippen LogP) is 1.63. The summed E-state index contributed by atoms with van der Waals surface area (Å²) in [4.78, 5) is 34.6. The van der Waals surface area contributed by atoms with E-state index < -0.39 is 0 Å². The van der Waals surface area contributed by atoms with Crippen molar-refractivity contribution in [2.24, 2.45) is 7.05 Å². The maximum atomic E-state index is 12.7. The van der Waals surface area contributed by atoms with Crippen molar-refractivity contribution < 1.29 is 4.79 Å². The Balaban J connectivity index is 2.38. The van der Waals surface area contributed by atoms with E-state index in [0.717, 1.165) is 17.0 Å². The van der Waals surface area contributed by atoms with Crippen LogP contribution in [0.25, 0.3) is 0 Å². The van der Waals surface area contributed by atoms with Crippen LogP contribution < -0.4 is 5.56 Å². The molecule has 2 heterocycles. The fraction of sp³-hybridized carbons (Fsp3) is 0.375. The molecule has 0 fully saturated rings. The molecule has 0 aliphatic carbocycles. The van der Waals surface area contributed by atoms with E-state index in [2.05, 4.69) is 9.97 Å². The van der Waals surface area contributed by atoms with Crippen LogP contribution in [-0.4, -0.2) is 32.4 Å². The van der Waals surface area contributed by atoms with Gasteiger partial charge in [0.1, 0.15) is 11.9 Å².